The number of benzene rings is 2. The fourth-order valence-corrected chi connectivity index (χ4v) is 4.22. The van der Waals surface area contributed by atoms with Gasteiger partial charge in [-0.3, -0.25) is 0 Å². The first-order chi connectivity index (χ1) is 14.1. The summed E-state index contributed by atoms with van der Waals surface area (Å²) < 4.78 is 38.2. The Morgan fingerprint density at radius 1 is 1.07 bits per heavy atom. The van der Waals surface area contributed by atoms with E-state index in [1.165, 1.54) is 18.2 Å². The van der Waals surface area contributed by atoms with Crippen LogP contribution in [0.3, 0.4) is 0 Å². The van der Waals surface area contributed by atoms with E-state index in [0.717, 1.165) is 16.5 Å². The monoisotopic (exact) mass is 429 g/mol. The van der Waals surface area contributed by atoms with Gasteiger partial charge in [-0.15, -0.1) is 0 Å². The van der Waals surface area contributed by atoms with Gasteiger partial charge in [-0.2, -0.15) is 4.72 Å². The van der Waals surface area contributed by atoms with Crippen molar-refractivity contribution in [2.75, 3.05) is 0 Å². The third-order valence-corrected chi connectivity index (χ3v) is 6.46. The SMILES string of the molecule is CC[C@H](NS(=O)(=O)c1ccc(C)cc1)C(=O)Oc1ccc2c(C)c(C)c(=O)oc2c1. The van der Waals surface area contributed by atoms with Gasteiger partial charge < -0.3 is 9.15 Å². The molecule has 0 radical (unpaired) electrons. The molecule has 1 N–H and O–H groups in total. The van der Waals surface area contributed by atoms with Crippen LogP contribution in [0.2, 0.25) is 0 Å². The molecule has 7 nitrogen and oxygen atoms in total. The van der Waals surface area contributed by atoms with Crippen molar-refractivity contribution in [2.45, 2.75) is 45.1 Å². The Labute approximate surface area is 174 Å². The molecule has 0 fully saturated rings. The van der Waals surface area contributed by atoms with Gasteiger partial charge in [-0.1, -0.05) is 24.6 Å². The van der Waals surface area contributed by atoms with E-state index in [2.05, 4.69) is 4.72 Å². The third-order valence-electron chi connectivity index (χ3n) is 4.97. The number of hydrogen-bond donors (Lipinski definition) is 1. The molecule has 0 amide bonds. The van der Waals surface area contributed by atoms with E-state index in [0.29, 0.717) is 11.1 Å². The van der Waals surface area contributed by atoms with Gasteiger partial charge in [0.15, 0.2) is 0 Å². The van der Waals surface area contributed by atoms with Crippen LogP contribution in [0, 0.1) is 20.8 Å². The molecule has 1 aromatic heterocycles. The van der Waals surface area contributed by atoms with Crippen LogP contribution < -0.4 is 15.1 Å². The van der Waals surface area contributed by atoms with Crippen molar-refractivity contribution in [3.8, 4) is 5.75 Å². The molecule has 0 aliphatic heterocycles. The van der Waals surface area contributed by atoms with E-state index < -0.39 is 27.7 Å². The van der Waals surface area contributed by atoms with Gasteiger partial charge in [-0.05, 0) is 57.0 Å². The normalized spacial score (nSPS) is 12.7. The van der Waals surface area contributed by atoms with E-state index >= 15 is 0 Å². The van der Waals surface area contributed by atoms with E-state index in [4.69, 9.17) is 9.15 Å². The Kier molecular flexibility index (Phi) is 6.09. The smallest absolute Gasteiger partial charge is 0.339 e. The van der Waals surface area contributed by atoms with Crippen molar-refractivity contribution in [3.63, 3.8) is 0 Å². The Hall–Kier alpha value is -2.97. The van der Waals surface area contributed by atoms with E-state index in [9.17, 15) is 18.0 Å². The van der Waals surface area contributed by atoms with Gasteiger partial charge in [0.1, 0.15) is 17.4 Å². The van der Waals surface area contributed by atoms with Crippen molar-refractivity contribution < 1.29 is 22.4 Å². The number of ether oxygens (including phenoxy) is 1. The zero-order valence-electron chi connectivity index (χ0n) is 17.2. The number of fused-ring (bicyclic) bond motifs is 1. The van der Waals surface area contributed by atoms with Crippen molar-refractivity contribution in [1.82, 2.24) is 4.72 Å². The summed E-state index contributed by atoms with van der Waals surface area (Å²) in [6.07, 6.45) is 0.199. The van der Waals surface area contributed by atoms with Crippen molar-refractivity contribution in [2.24, 2.45) is 0 Å². The maximum Gasteiger partial charge on any atom is 0.339 e. The lowest BCUT2D eigenvalue weighted by Crippen LogP contribution is -2.42. The predicted octanol–water partition coefficient (Wildman–Crippen LogP) is 3.38. The second kappa shape index (κ2) is 8.41. The highest BCUT2D eigenvalue weighted by Crippen LogP contribution is 2.24. The third kappa shape index (κ3) is 4.44. The summed E-state index contributed by atoms with van der Waals surface area (Å²) in [5.74, 6) is -0.592. The van der Waals surface area contributed by atoms with Gasteiger partial charge in [0, 0.05) is 17.0 Å². The van der Waals surface area contributed by atoms with Crippen molar-refractivity contribution >= 4 is 27.0 Å². The maximum absolute atomic E-state index is 12.6. The number of carbonyl (C=O) groups is 1. The van der Waals surface area contributed by atoms with Crippen LogP contribution >= 0.6 is 0 Å². The Morgan fingerprint density at radius 3 is 2.37 bits per heavy atom. The summed E-state index contributed by atoms with van der Waals surface area (Å²) in [6.45, 7) is 7.02. The maximum atomic E-state index is 12.6. The van der Waals surface area contributed by atoms with Crippen LogP contribution in [0.5, 0.6) is 5.75 Å². The van der Waals surface area contributed by atoms with Gasteiger partial charge in [-0.25, -0.2) is 18.0 Å². The first-order valence-electron chi connectivity index (χ1n) is 9.47. The molecule has 158 valence electrons. The molecule has 0 aliphatic rings. The molecule has 3 rings (SSSR count). The number of hydrogen-bond acceptors (Lipinski definition) is 6. The van der Waals surface area contributed by atoms with Crippen LogP contribution in [0.25, 0.3) is 11.0 Å². The number of sulfonamides is 1. The second-order valence-electron chi connectivity index (χ2n) is 7.11. The number of rotatable bonds is 6. The molecule has 0 bridgehead atoms. The standard InChI is InChI=1S/C22H23NO6S/c1-5-19(23-30(26,27)17-9-6-13(2)7-10-17)22(25)28-16-8-11-18-14(3)15(4)21(24)29-20(18)12-16/h6-12,19,23H,5H2,1-4H3/t19-/m0/s1. The lowest BCUT2D eigenvalue weighted by molar-refractivity contribution is -0.136. The number of carbonyl (C=O) groups excluding carboxylic acids is 1. The van der Waals surface area contributed by atoms with Gasteiger partial charge in [0.2, 0.25) is 10.0 Å². The van der Waals surface area contributed by atoms with Gasteiger partial charge in [0.05, 0.1) is 4.90 Å². The molecule has 0 unspecified atom stereocenters. The minimum absolute atomic E-state index is 0.0673. The van der Waals surface area contributed by atoms with E-state index in [1.807, 2.05) is 13.8 Å². The predicted molar refractivity (Wildman–Crippen MR) is 113 cm³/mol. The Morgan fingerprint density at radius 2 is 1.73 bits per heavy atom. The van der Waals surface area contributed by atoms with Crippen LogP contribution in [-0.2, 0) is 14.8 Å². The highest BCUT2D eigenvalue weighted by molar-refractivity contribution is 7.89. The highest BCUT2D eigenvalue weighted by atomic mass is 32.2. The topological polar surface area (TPSA) is 103 Å². The molecular formula is C22H23NO6S. The summed E-state index contributed by atoms with van der Waals surface area (Å²) in [5, 5.41) is 0.735. The van der Waals surface area contributed by atoms with Crippen molar-refractivity contribution in [3.05, 3.63) is 69.6 Å². The van der Waals surface area contributed by atoms with Gasteiger partial charge >= 0.3 is 11.6 Å². The van der Waals surface area contributed by atoms with Crippen LogP contribution in [0.1, 0.15) is 30.0 Å². The van der Waals surface area contributed by atoms with Gasteiger partial charge in [0.25, 0.3) is 0 Å². The second-order valence-corrected chi connectivity index (χ2v) is 8.83. The zero-order chi connectivity index (χ0) is 22.1. The fourth-order valence-electron chi connectivity index (χ4n) is 2.95. The number of esters is 1. The summed E-state index contributed by atoms with van der Waals surface area (Å²) in [7, 11) is -3.89. The minimum atomic E-state index is -3.89. The summed E-state index contributed by atoms with van der Waals surface area (Å²) in [5.41, 5.74) is 2.07. The molecule has 8 heteroatoms. The van der Waals surface area contributed by atoms with Crippen LogP contribution in [0.15, 0.2) is 56.6 Å². The Balaban J connectivity index is 1.82. The first kappa shape index (κ1) is 21.7. The molecule has 0 saturated carbocycles. The first-order valence-corrected chi connectivity index (χ1v) is 11.0. The molecule has 1 heterocycles. The molecular weight excluding hydrogens is 406 g/mol. The number of nitrogens with one attached hydrogen (secondary N) is 1. The summed E-state index contributed by atoms with van der Waals surface area (Å²) in [4.78, 5) is 24.6. The Bertz CT molecular complexity index is 1260. The molecule has 0 aliphatic carbocycles. The quantitative estimate of drug-likeness (QED) is 0.366. The molecule has 2 aromatic carbocycles. The average molecular weight is 429 g/mol. The summed E-state index contributed by atoms with van der Waals surface area (Å²) in [6, 6.07) is 9.97. The highest BCUT2D eigenvalue weighted by Gasteiger charge is 2.26. The van der Waals surface area contributed by atoms with E-state index in [1.54, 1.807) is 38.1 Å². The van der Waals surface area contributed by atoms with E-state index in [-0.39, 0.29) is 17.1 Å². The minimum Gasteiger partial charge on any atom is -0.425 e. The molecule has 3 aromatic rings. The van der Waals surface area contributed by atoms with Crippen LogP contribution in [-0.4, -0.2) is 20.4 Å². The molecule has 30 heavy (non-hydrogen) atoms. The molecule has 1 atom stereocenters. The van der Waals surface area contributed by atoms with Crippen molar-refractivity contribution in [1.29, 1.82) is 0 Å². The largest absolute Gasteiger partial charge is 0.425 e. The fraction of sp³-hybridized carbons (Fsp3) is 0.273. The number of aryl methyl sites for hydroxylation is 2. The summed E-state index contributed by atoms with van der Waals surface area (Å²) >= 11 is 0. The average Bonchev–Trinajstić information content (AvgIpc) is 2.70. The molecule has 0 spiro atoms. The van der Waals surface area contributed by atoms with Crippen LogP contribution in [0.4, 0.5) is 0 Å². The lowest BCUT2D eigenvalue weighted by atomic mass is 10.1. The molecule has 0 saturated heterocycles. The lowest BCUT2D eigenvalue weighted by Gasteiger charge is -2.16. The zero-order valence-corrected chi connectivity index (χ0v) is 18.0.